The molecule has 12 heavy (non-hydrogen) atoms. The molecule has 0 amide bonds. The van der Waals surface area contributed by atoms with E-state index in [9.17, 15) is 9.50 Å². The molecule has 1 unspecified atom stereocenters. The zero-order chi connectivity index (χ0) is 8.97. The van der Waals surface area contributed by atoms with Crippen LogP contribution in [0.25, 0.3) is 0 Å². The van der Waals surface area contributed by atoms with Crippen molar-refractivity contribution in [3.8, 4) is 0 Å². The van der Waals surface area contributed by atoms with Gasteiger partial charge in [0.05, 0.1) is 6.10 Å². The molecule has 1 N–H and O–H groups in total. The van der Waals surface area contributed by atoms with Crippen LogP contribution in [0, 0.1) is 5.82 Å². The summed E-state index contributed by atoms with van der Waals surface area (Å²) in [5.41, 5.74) is 0.615. The van der Waals surface area contributed by atoms with Crippen molar-refractivity contribution in [2.45, 2.75) is 12.5 Å². The number of halogens is 1. The van der Waals surface area contributed by atoms with Gasteiger partial charge in [-0.1, -0.05) is 12.1 Å². The van der Waals surface area contributed by atoms with E-state index >= 15 is 0 Å². The van der Waals surface area contributed by atoms with Gasteiger partial charge in [0.25, 0.3) is 0 Å². The van der Waals surface area contributed by atoms with Gasteiger partial charge in [0.15, 0.2) is 0 Å². The van der Waals surface area contributed by atoms with Gasteiger partial charge in [-0.25, -0.2) is 4.39 Å². The van der Waals surface area contributed by atoms with Crippen molar-refractivity contribution in [2.75, 3.05) is 5.75 Å². The molecule has 1 atom stereocenters. The zero-order valence-corrected chi connectivity index (χ0v) is 7.47. The topological polar surface area (TPSA) is 20.2 Å². The molecule has 0 aliphatic heterocycles. The maximum Gasteiger partial charge on any atom is 0.123 e. The Balaban J connectivity index is 2.73. The zero-order valence-electron chi connectivity index (χ0n) is 6.57. The highest BCUT2D eigenvalue weighted by Gasteiger charge is 2.05. The van der Waals surface area contributed by atoms with Crippen LogP contribution in [0.1, 0.15) is 18.1 Å². The van der Waals surface area contributed by atoms with Gasteiger partial charge in [-0.3, -0.25) is 0 Å². The summed E-state index contributed by atoms with van der Waals surface area (Å²) in [5, 5.41) is 9.43. The monoisotopic (exact) mass is 186 g/mol. The minimum Gasteiger partial charge on any atom is -0.388 e. The first kappa shape index (κ1) is 9.55. The van der Waals surface area contributed by atoms with Crippen molar-refractivity contribution >= 4 is 12.6 Å². The first-order chi connectivity index (χ1) is 5.74. The van der Waals surface area contributed by atoms with Gasteiger partial charge in [0, 0.05) is 0 Å². The Morgan fingerprint density at radius 2 is 2.25 bits per heavy atom. The van der Waals surface area contributed by atoms with Gasteiger partial charge in [-0.05, 0) is 29.9 Å². The average molecular weight is 186 g/mol. The summed E-state index contributed by atoms with van der Waals surface area (Å²) in [5.74, 6) is 0.281. The highest BCUT2D eigenvalue weighted by Crippen LogP contribution is 2.17. The van der Waals surface area contributed by atoms with E-state index in [2.05, 4.69) is 12.6 Å². The van der Waals surface area contributed by atoms with E-state index in [-0.39, 0.29) is 5.82 Å². The van der Waals surface area contributed by atoms with E-state index in [0.717, 1.165) is 0 Å². The molecule has 0 heterocycles. The number of aliphatic hydroxyl groups excluding tert-OH is 1. The second-order valence-corrected chi connectivity index (χ2v) is 3.03. The first-order valence-corrected chi connectivity index (χ1v) is 4.41. The summed E-state index contributed by atoms with van der Waals surface area (Å²) in [6.45, 7) is 0. The summed E-state index contributed by atoms with van der Waals surface area (Å²) >= 11 is 3.98. The van der Waals surface area contributed by atoms with Crippen LogP contribution >= 0.6 is 12.6 Å². The van der Waals surface area contributed by atoms with E-state index < -0.39 is 6.10 Å². The van der Waals surface area contributed by atoms with Crippen LogP contribution in [0.4, 0.5) is 4.39 Å². The van der Waals surface area contributed by atoms with Crippen molar-refractivity contribution in [1.29, 1.82) is 0 Å². The molecular weight excluding hydrogens is 175 g/mol. The van der Waals surface area contributed by atoms with Crippen molar-refractivity contribution in [3.63, 3.8) is 0 Å². The Morgan fingerprint density at radius 3 is 2.83 bits per heavy atom. The standard InChI is InChI=1S/C9H11FOS/c10-8-3-1-2-7(6-8)9(11)4-5-12/h1-3,6,9,11-12H,4-5H2. The van der Waals surface area contributed by atoms with Crippen molar-refractivity contribution < 1.29 is 9.50 Å². The Hall–Kier alpha value is -0.540. The van der Waals surface area contributed by atoms with Gasteiger partial charge >= 0.3 is 0 Å². The molecule has 3 heteroatoms. The Kier molecular flexibility index (Phi) is 3.56. The van der Waals surface area contributed by atoms with Gasteiger partial charge < -0.3 is 5.11 Å². The molecule has 0 bridgehead atoms. The number of benzene rings is 1. The Morgan fingerprint density at radius 1 is 1.50 bits per heavy atom. The molecule has 0 aliphatic rings. The normalized spacial score (nSPS) is 12.9. The van der Waals surface area contributed by atoms with Crippen LogP contribution in [-0.2, 0) is 0 Å². The van der Waals surface area contributed by atoms with Crippen LogP contribution in [0.15, 0.2) is 24.3 Å². The van der Waals surface area contributed by atoms with E-state index in [1.54, 1.807) is 12.1 Å². The predicted molar refractivity (Wildman–Crippen MR) is 49.8 cm³/mol. The molecule has 1 rings (SSSR count). The van der Waals surface area contributed by atoms with Crippen molar-refractivity contribution in [2.24, 2.45) is 0 Å². The minimum absolute atomic E-state index is 0.314. The van der Waals surface area contributed by atoms with Crippen LogP contribution < -0.4 is 0 Å². The maximum absolute atomic E-state index is 12.6. The molecule has 1 aromatic rings. The highest BCUT2D eigenvalue weighted by molar-refractivity contribution is 7.80. The summed E-state index contributed by atoms with van der Waals surface area (Å²) in [6.07, 6.45) is -0.0507. The fourth-order valence-electron chi connectivity index (χ4n) is 1.00. The van der Waals surface area contributed by atoms with Crippen molar-refractivity contribution in [1.82, 2.24) is 0 Å². The van der Waals surface area contributed by atoms with E-state index in [0.29, 0.717) is 17.7 Å². The summed E-state index contributed by atoms with van der Waals surface area (Å²) in [7, 11) is 0. The third kappa shape index (κ3) is 2.50. The quantitative estimate of drug-likeness (QED) is 0.693. The van der Waals surface area contributed by atoms with Crippen LogP contribution in [0.2, 0.25) is 0 Å². The second-order valence-electron chi connectivity index (χ2n) is 2.58. The first-order valence-electron chi connectivity index (χ1n) is 3.78. The lowest BCUT2D eigenvalue weighted by atomic mass is 10.1. The van der Waals surface area contributed by atoms with Crippen LogP contribution in [0.3, 0.4) is 0 Å². The Labute approximate surface area is 76.6 Å². The second kappa shape index (κ2) is 4.48. The molecule has 0 fully saturated rings. The molecule has 1 nitrogen and oxygen atoms in total. The van der Waals surface area contributed by atoms with Crippen LogP contribution in [-0.4, -0.2) is 10.9 Å². The summed E-state index contributed by atoms with van der Waals surface area (Å²) in [6, 6.07) is 5.99. The summed E-state index contributed by atoms with van der Waals surface area (Å²) in [4.78, 5) is 0. The lowest BCUT2D eigenvalue weighted by molar-refractivity contribution is 0.174. The molecule has 0 saturated heterocycles. The SMILES string of the molecule is OC(CCS)c1cccc(F)c1. The Bertz CT molecular complexity index is 252. The van der Waals surface area contributed by atoms with Gasteiger partial charge in [-0.2, -0.15) is 12.6 Å². The van der Waals surface area contributed by atoms with E-state index in [4.69, 9.17) is 0 Å². The van der Waals surface area contributed by atoms with Gasteiger partial charge in [0.2, 0.25) is 0 Å². The number of hydrogen-bond donors (Lipinski definition) is 2. The van der Waals surface area contributed by atoms with Crippen LogP contribution in [0.5, 0.6) is 0 Å². The molecule has 0 radical (unpaired) electrons. The maximum atomic E-state index is 12.6. The van der Waals surface area contributed by atoms with Gasteiger partial charge in [0.1, 0.15) is 5.82 Å². The molecular formula is C9H11FOS. The van der Waals surface area contributed by atoms with Crippen molar-refractivity contribution in [3.05, 3.63) is 35.6 Å². The fraction of sp³-hybridized carbons (Fsp3) is 0.333. The lowest BCUT2D eigenvalue weighted by Gasteiger charge is -2.08. The minimum atomic E-state index is -0.599. The lowest BCUT2D eigenvalue weighted by Crippen LogP contribution is -1.98. The molecule has 0 saturated carbocycles. The van der Waals surface area contributed by atoms with E-state index in [1.165, 1.54) is 12.1 Å². The molecule has 66 valence electrons. The fourth-order valence-corrected chi connectivity index (χ4v) is 1.25. The molecule has 0 aliphatic carbocycles. The molecule has 1 aromatic carbocycles. The average Bonchev–Trinajstić information content (AvgIpc) is 2.05. The predicted octanol–water partition coefficient (Wildman–Crippen LogP) is 2.18. The highest BCUT2D eigenvalue weighted by atomic mass is 32.1. The summed E-state index contributed by atoms with van der Waals surface area (Å²) < 4.78 is 12.6. The van der Waals surface area contributed by atoms with Gasteiger partial charge in [-0.15, -0.1) is 0 Å². The van der Waals surface area contributed by atoms with E-state index in [1.807, 2.05) is 0 Å². The molecule has 0 aromatic heterocycles. The number of aliphatic hydroxyl groups is 1. The molecule has 0 spiro atoms. The smallest absolute Gasteiger partial charge is 0.123 e. The largest absolute Gasteiger partial charge is 0.388 e. The third-order valence-corrected chi connectivity index (χ3v) is 1.89. The number of thiol groups is 1. The number of rotatable bonds is 3. The third-order valence-electron chi connectivity index (χ3n) is 1.64. The number of hydrogen-bond acceptors (Lipinski definition) is 2.